The van der Waals surface area contributed by atoms with E-state index in [4.69, 9.17) is 10.1 Å². The van der Waals surface area contributed by atoms with E-state index in [1.165, 1.54) is 20.1 Å². The molecule has 0 aliphatic rings. The highest BCUT2D eigenvalue weighted by molar-refractivity contribution is 5.97. The lowest BCUT2D eigenvalue weighted by Gasteiger charge is -2.13. The number of ether oxygens (including phenoxy) is 2. The van der Waals surface area contributed by atoms with Crippen molar-refractivity contribution in [2.24, 2.45) is 0 Å². The predicted molar refractivity (Wildman–Crippen MR) is 50.3 cm³/mol. The first-order chi connectivity index (χ1) is 6.56. The molecule has 0 heterocycles. The third kappa shape index (κ3) is 3.49. The van der Waals surface area contributed by atoms with E-state index in [0.29, 0.717) is 0 Å². The van der Waals surface area contributed by atoms with Gasteiger partial charge in [0, 0.05) is 13.3 Å². The Kier molecular flexibility index (Phi) is 5.40. The molecule has 0 fully saturated rings. The van der Waals surface area contributed by atoms with Gasteiger partial charge in [-0.15, -0.1) is 0 Å². The number of carbonyl (C=O) groups excluding carboxylic acids is 2. The lowest BCUT2D eigenvalue weighted by atomic mass is 10.2. The fraction of sp³-hybridized carbons (Fsp3) is 0.444. The highest BCUT2D eigenvalue weighted by atomic mass is 16.6. The van der Waals surface area contributed by atoms with Gasteiger partial charge in [0.1, 0.15) is 0 Å². The van der Waals surface area contributed by atoms with E-state index in [9.17, 15) is 9.59 Å². The van der Waals surface area contributed by atoms with Crippen LogP contribution in [0.2, 0.25) is 0 Å². The molecule has 0 amide bonds. The van der Waals surface area contributed by atoms with E-state index in [-0.39, 0.29) is 0 Å². The highest BCUT2D eigenvalue weighted by Crippen LogP contribution is 1.99. The van der Waals surface area contributed by atoms with Crippen molar-refractivity contribution in [3.05, 3.63) is 12.7 Å². The van der Waals surface area contributed by atoms with E-state index >= 15 is 0 Å². The van der Waals surface area contributed by atoms with Gasteiger partial charge in [0.05, 0.1) is 0 Å². The molecule has 0 aliphatic carbocycles. The number of methoxy groups -OCH3 is 1. The van der Waals surface area contributed by atoms with E-state index in [1.54, 1.807) is 0 Å². The molecule has 0 bridgehead atoms. The molecule has 0 spiro atoms. The molecular weight excluding hydrogens is 186 g/mol. The third-order valence-electron chi connectivity index (χ3n) is 1.50. The molecule has 5 heteroatoms. The van der Waals surface area contributed by atoms with Crippen LogP contribution in [-0.4, -0.2) is 37.3 Å². The zero-order valence-corrected chi connectivity index (χ0v) is 8.15. The minimum atomic E-state index is -1.14. The summed E-state index contributed by atoms with van der Waals surface area (Å²) in [4.78, 5) is 22.0. The summed E-state index contributed by atoms with van der Waals surface area (Å²) < 4.78 is 9.38. The monoisotopic (exact) mass is 199 g/mol. The summed E-state index contributed by atoms with van der Waals surface area (Å²) in [7, 11) is 1.32. The van der Waals surface area contributed by atoms with Gasteiger partial charge in [0.25, 0.3) is 0 Å². The molecular formula is C9H13NO4. The average molecular weight is 199 g/mol. The summed E-state index contributed by atoms with van der Waals surface area (Å²) in [5.74, 6) is -1.14. The number of ketones is 1. The Morgan fingerprint density at radius 1 is 1.43 bits per heavy atom. The standard InChI is InChI=1S/C9H13NO4/c1-4-7(13-3)9(12)14-8(5-10)6(2)11/h4-5,7-8,10H,1H2,2-3H3. The molecule has 0 aliphatic heterocycles. The molecule has 0 saturated carbocycles. The molecule has 0 saturated heterocycles. The molecule has 0 aromatic rings. The lowest BCUT2D eigenvalue weighted by molar-refractivity contribution is -0.158. The van der Waals surface area contributed by atoms with E-state index in [0.717, 1.165) is 6.21 Å². The van der Waals surface area contributed by atoms with Crippen LogP contribution in [0.5, 0.6) is 0 Å². The first-order valence-corrected chi connectivity index (χ1v) is 3.93. The Balaban J connectivity index is 4.34. The van der Waals surface area contributed by atoms with Crippen LogP contribution >= 0.6 is 0 Å². The Hall–Kier alpha value is -1.49. The summed E-state index contributed by atoms with van der Waals surface area (Å²) >= 11 is 0. The molecule has 0 aromatic carbocycles. The Morgan fingerprint density at radius 2 is 2.00 bits per heavy atom. The first-order valence-electron chi connectivity index (χ1n) is 3.93. The maximum atomic E-state index is 11.2. The second-order valence-corrected chi connectivity index (χ2v) is 2.53. The topological polar surface area (TPSA) is 76.5 Å². The molecule has 14 heavy (non-hydrogen) atoms. The Bertz CT molecular complexity index is 249. The smallest absolute Gasteiger partial charge is 0.340 e. The van der Waals surface area contributed by atoms with Crippen molar-refractivity contribution < 1.29 is 19.1 Å². The Morgan fingerprint density at radius 3 is 2.29 bits per heavy atom. The van der Waals surface area contributed by atoms with Gasteiger partial charge in [-0.2, -0.15) is 0 Å². The largest absolute Gasteiger partial charge is 0.446 e. The molecule has 0 radical (unpaired) electrons. The van der Waals surface area contributed by atoms with Crippen LogP contribution in [0.3, 0.4) is 0 Å². The average Bonchev–Trinajstić information content (AvgIpc) is 2.15. The zero-order valence-electron chi connectivity index (χ0n) is 8.15. The van der Waals surface area contributed by atoms with E-state index < -0.39 is 24.0 Å². The lowest BCUT2D eigenvalue weighted by Crippen LogP contribution is -2.32. The molecule has 0 rings (SSSR count). The van der Waals surface area contributed by atoms with E-state index in [1.807, 2.05) is 0 Å². The van der Waals surface area contributed by atoms with Crippen LogP contribution < -0.4 is 0 Å². The molecule has 0 aromatic heterocycles. The van der Waals surface area contributed by atoms with Crippen molar-refractivity contribution in [3.63, 3.8) is 0 Å². The van der Waals surface area contributed by atoms with Crippen molar-refractivity contribution >= 4 is 18.0 Å². The number of carbonyl (C=O) groups is 2. The number of Topliss-reactive ketones (excluding diaryl/α,β-unsaturated/α-hetero) is 1. The zero-order chi connectivity index (χ0) is 11.1. The number of hydrogen-bond donors (Lipinski definition) is 1. The van der Waals surface area contributed by atoms with Crippen molar-refractivity contribution in [2.45, 2.75) is 19.1 Å². The summed E-state index contributed by atoms with van der Waals surface area (Å²) in [6.07, 6.45) is -0.0311. The van der Waals surface area contributed by atoms with Gasteiger partial charge in [0.15, 0.2) is 18.0 Å². The van der Waals surface area contributed by atoms with Crippen molar-refractivity contribution in [3.8, 4) is 0 Å². The van der Waals surface area contributed by atoms with Gasteiger partial charge < -0.3 is 14.9 Å². The van der Waals surface area contributed by atoms with Crippen molar-refractivity contribution in [2.75, 3.05) is 7.11 Å². The van der Waals surface area contributed by atoms with Crippen molar-refractivity contribution in [1.29, 1.82) is 5.41 Å². The molecule has 1 N–H and O–H groups in total. The normalized spacial score (nSPS) is 13.9. The van der Waals surface area contributed by atoms with Gasteiger partial charge in [-0.3, -0.25) is 4.79 Å². The third-order valence-corrected chi connectivity index (χ3v) is 1.50. The van der Waals surface area contributed by atoms with Gasteiger partial charge in [-0.25, -0.2) is 4.79 Å². The minimum absolute atomic E-state index is 0.410. The van der Waals surface area contributed by atoms with Crippen LogP contribution in [0, 0.1) is 5.41 Å². The Labute approximate surface area is 82.2 Å². The summed E-state index contributed by atoms with van der Waals surface area (Å²) in [6, 6.07) is 0. The van der Waals surface area contributed by atoms with Crippen LogP contribution in [0.15, 0.2) is 12.7 Å². The summed E-state index contributed by atoms with van der Waals surface area (Å²) in [6.45, 7) is 4.60. The second kappa shape index (κ2) is 6.04. The van der Waals surface area contributed by atoms with Gasteiger partial charge >= 0.3 is 5.97 Å². The second-order valence-electron chi connectivity index (χ2n) is 2.53. The SMILES string of the molecule is C=CC(OC)C(=O)OC(C=N)C(C)=O. The minimum Gasteiger partial charge on any atom is -0.446 e. The van der Waals surface area contributed by atoms with Gasteiger partial charge in [-0.1, -0.05) is 12.7 Å². The number of hydrogen-bond acceptors (Lipinski definition) is 5. The number of esters is 1. The van der Waals surface area contributed by atoms with Crippen LogP contribution in [-0.2, 0) is 19.1 Å². The van der Waals surface area contributed by atoms with Gasteiger partial charge in [0.2, 0.25) is 0 Å². The summed E-state index contributed by atoms with van der Waals surface area (Å²) in [5, 5.41) is 6.85. The van der Waals surface area contributed by atoms with Gasteiger partial charge in [-0.05, 0) is 6.92 Å². The molecule has 5 nitrogen and oxygen atoms in total. The van der Waals surface area contributed by atoms with E-state index in [2.05, 4.69) is 11.3 Å². The molecule has 78 valence electrons. The van der Waals surface area contributed by atoms with Crippen LogP contribution in [0.4, 0.5) is 0 Å². The fourth-order valence-electron chi connectivity index (χ4n) is 0.715. The van der Waals surface area contributed by atoms with Crippen LogP contribution in [0.25, 0.3) is 0 Å². The summed E-state index contributed by atoms with van der Waals surface area (Å²) in [5.41, 5.74) is 0. The fourth-order valence-corrected chi connectivity index (χ4v) is 0.715. The van der Waals surface area contributed by atoms with Crippen LogP contribution in [0.1, 0.15) is 6.92 Å². The molecule has 2 unspecified atom stereocenters. The quantitative estimate of drug-likeness (QED) is 0.380. The molecule has 2 atom stereocenters. The maximum Gasteiger partial charge on any atom is 0.340 e. The highest BCUT2D eigenvalue weighted by Gasteiger charge is 2.21. The predicted octanol–water partition coefficient (Wildman–Crippen LogP) is 0.338. The number of nitrogens with one attached hydrogen (secondary N) is 1. The van der Waals surface area contributed by atoms with Crippen molar-refractivity contribution in [1.82, 2.24) is 0 Å². The maximum absolute atomic E-state index is 11.2. The number of rotatable bonds is 6. The first kappa shape index (κ1) is 12.5.